The van der Waals surface area contributed by atoms with Crippen LogP contribution in [0.2, 0.25) is 0 Å². The minimum Gasteiger partial charge on any atom is -0.454 e. The SMILES string of the molecule is CCC(=O)NC1NN2C(=O)C=C(c3ccc4c(c3)OCO4)NC2C1c1ccccn1. The van der Waals surface area contributed by atoms with E-state index < -0.39 is 12.3 Å². The number of nitrogens with zero attached hydrogens (tertiary/aromatic N) is 2. The minimum atomic E-state index is -0.474. The van der Waals surface area contributed by atoms with E-state index in [9.17, 15) is 9.59 Å². The molecule has 5 rings (SSSR count). The van der Waals surface area contributed by atoms with E-state index >= 15 is 0 Å². The van der Waals surface area contributed by atoms with Crippen LogP contribution in [0.4, 0.5) is 0 Å². The highest BCUT2D eigenvalue weighted by atomic mass is 16.7. The van der Waals surface area contributed by atoms with Crippen molar-refractivity contribution in [1.82, 2.24) is 26.1 Å². The predicted molar refractivity (Wildman–Crippen MR) is 107 cm³/mol. The van der Waals surface area contributed by atoms with Gasteiger partial charge in [-0.2, -0.15) is 0 Å². The minimum absolute atomic E-state index is 0.107. The average molecular weight is 407 g/mol. The second-order valence-corrected chi connectivity index (χ2v) is 7.23. The zero-order valence-corrected chi connectivity index (χ0v) is 16.3. The molecule has 2 aromatic rings. The van der Waals surface area contributed by atoms with E-state index in [1.54, 1.807) is 13.1 Å². The quantitative estimate of drug-likeness (QED) is 0.696. The van der Waals surface area contributed by atoms with Crippen LogP contribution >= 0.6 is 0 Å². The Balaban J connectivity index is 1.48. The number of pyridine rings is 1. The summed E-state index contributed by atoms with van der Waals surface area (Å²) in [6, 6.07) is 11.2. The Labute approximate surface area is 173 Å². The molecular weight excluding hydrogens is 386 g/mol. The second kappa shape index (κ2) is 7.34. The van der Waals surface area contributed by atoms with Gasteiger partial charge in [0, 0.05) is 30.0 Å². The molecule has 3 aliphatic heterocycles. The van der Waals surface area contributed by atoms with Crippen molar-refractivity contribution in [3.8, 4) is 11.5 Å². The van der Waals surface area contributed by atoms with Crippen LogP contribution in [0.15, 0.2) is 48.7 Å². The highest BCUT2D eigenvalue weighted by Crippen LogP contribution is 2.37. The Bertz CT molecular complexity index is 1030. The third-order valence-corrected chi connectivity index (χ3v) is 5.41. The monoisotopic (exact) mass is 407 g/mol. The maximum Gasteiger partial charge on any atom is 0.264 e. The lowest BCUT2D eigenvalue weighted by Gasteiger charge is -2.32. The molecule has 9 heteroatoms. The number of hydrazine groups is 1. The standard InChI is InChI=1S/C21H21N5O4/c1-2-17(27)24-20-19(13-5-3-4-8-22-13)21-23-14(10-18(28)26(21)25-20)12-6-7-15-16(9-12)30-11-29-15/h3-10,19-21,23,25H,2,11H2,1H3,(H,24,27). The van der Waals surface area contributed by atoms with E-state index in [2.05, 4.69) is 21.0 Å². The molecule has 0 radical (unpaired) electrons. The fourth-order valence-electron chi connectivity index (χ4n) is 3.94. The molecule has 1 aromatic heterocycles. The van der Waals surface area contributed by atoms with Gasteiger partial charge in [-0.25, -0.2) is 10.4 Å². The van der Waals surface area contributed by atoms with Crippen molar-refractivity contribution in [1.29, 1.82) is 0 Å². The number of rotatable bonds is 4. The van der Waals surface area contributed by atoms with Crippen molar-refractivity contribution in [2.24, 2.45) is 0 Å². The van der Waals surface area contributed by atoms with Gasteiger partial charge in [-0.3, -0.25) is 14.6 Å². The van der Waals surface area contributed by atoms with Gasteiger partial charge in [0.15, 0.2) is 11.5 Å². The summed E-state index contributed by atoms with van der Waals surface area (Å²) in [6.45, 7) is 1.97. The summed E-state index contributed by atoms with van der Waals surface area (Å²) in [6.07, 6.45) is 2.68. The fourth-order valence-corrected chi connectivity index (χ4v) is 3.94. The Hall–Kier alpha value is -3.59. The number of benzene rings is 1. The van der Waals surface area contributed by atoms with Crippen molar-refractivity contribution in [3.05, 3.63) is 59.9 Å². The molecule has 4 heterocycles. The van der Waals surface area contributed by atoms with E-state index in [4.69, 9.17) is 9.47 Å². The molecule has 30 heavy (non-hydrogen) atoms. The van der Waals surface area contributed by atoms with Gasteiger partial charge in [-0.1, -0.05) is 13.0 Å². The van der Waals surface area contributed by atoms with Crippen molar-refractivity contribution in [2.75, 3.05) is 6.79 Å². The topological polar surface area (TPSA) is 105 Å². The molecular formula is C21H21N5O4. The zero-order valence-electron chi connectivity index (χ0n) is 16.3. The van der Waals surface area contributed by atoms with E-state index in [-0.39, 0.29) is 24.5 Å². The summed E-state index contributed by atoms with van der Waals surface area (Å²) in [5.41, 5.74) is 5.38. The number of aromatic nitrogens is 1. The first-order valence-corrected chi connectivity index (χ1v) is 9.82. The Morgan fingerprint density at radius 2 is 2.13 bits per heavy atom. The maximum atomic E-state index is 12.9. The number of carbonyl (C=O) groups is 2. The lowest BCUT2D eigenvalue weighted by Crippen LogP contribution is -2.53. The molecule has 0 spiro atoms. The van der Waals surface area contributed by atoms with Crippen molar-refractivity contribution in [3.63, 3.8) is 0 Å². The van der Waals surface area contributed by atoms with Crippen LogP contribution in [0.25, 0.3) is 5.70 Å². The largest absolute Gasteiger partial charge is 0.454 e. The molecule has 1 saturated heterocycles. The van der Waals surface area contributed by atoms with Crippen LogP contribution in [0.1, 0.15) is 30.5 Å². The second-order valence-electron chi connectivity index (χ2n) is 7.23. The van der Waals surface area contributed by atoms with Crippen molar-refractivity contribution in [2.45, 2.75) is 31.6 Å². The molecule has 3 N–H and O–H groups in total. The number of amides is 2. The molecule has 0 aliphatic carbocycles. The molecule has 0 saturated carbocycles. The molecule has 9 nitrogen and oxygen atoms in total. The predicted octanol–water partition coefficient (Wildman–Crippen LogP) is 1.06. The van der Waals surface area contributed by atoms with Crippen LogP contribution in [0.5, 0.6) is 11.5 Å². The van der Waals surface area contributed by atoms with Crippen LogP contribution in [0, 0.1) is 0 Å². The third-order valence-electron chi connectivity index (χ3n) is 5.41. The first-order valence-electron chi connectivity index (χ1n) is 9.82. The number of nitrogens with one attached hydrogen (secondary N) is 3. The smallest absolute Gasteiger partial charge is 0.264 e. The highest BCUT2D eigenvalue weighted by Gasteiger charge is 2.47. The van der Waals surface area contributed by atoms with Gasteiger partial charge in [0.05, 0.1) is 11.6 Å². The molecule has 0 bridgehead atoms. The zero-order chi connectivity index (χ0) is 20.7. The summed E-state index contributed by atoms with van der Waals surface area (Å²) in [5.74, 6) is 0.719. The highest BCUT2D eigenvalue weighted by molar-refractivity contribution is 5.97. The summed E-state index contributed by atoms with van der Waals surface area (Å²) in [7, 11) is 0. The van der Waals surface area contributed by atoms with E-state index in [0.29, 0.717) is 23.6 Å². The Morgan fingerprint density at radius 1 is 1.27 bits per heavy atom. The number of hydrogen-bond donors (Lipinski definition) is 3. The lowest BCUT2D eigenvalue weighted by molar-refractivity contribution is -0.131. The lowest BCUT2D eigenvalue weighted by atomic mass is 9.96. The normalized spacial score (nSPS) is 24.2. The molecule has 3 unspecified atom stereocenters. The van der Waals surface area contributed by atoms with E-state index in [0.717, 1.165) is 11.3 Å². The van der Waals surface area contributed by atoms with E-state index in [1.165, 1.54) is 11.1 Å². The van der Waals surface area contributed by atoms with Crippen LogP contribution < -0.4 is 25.5 Å². The van der Waals surface area contributed by atoms with Crippen molar-refractivity contribution >= 4 is 17.5 Å². The molecule has 1 fully saturated rings. The van der Waals surface area contributed by atoms with Crippen molar-refractivity contribution < 1.29 is 19.1 Å². The fraction of sp³-hybridized carbons (Fsp3) is 0.286. The first-order chi connectivity index (χ1) is 14.6. The van der Waals surface area contributed by atoms with Gasteiger partial charge in [0.25, 0.3) is 5.91 Å². The summed E-state index contributed by atoms with van der Waals surface area (Å²) in [5, 5.41) is 7.91. The van der Waals surface area contributed by atoms with Crippen LogP contribution in [-0.4, -0.2) is 40.9 Å². The van der Waals surface area contributed by atoms with Gasteiger partial charge < -0.3 is 20.1 Å². The van der Waals surface area contributed by atoms with Gasteiger partial charge in [-0.15, -0.1) is 0 Å². The molecule has 3 atom stereocenters. The Kier molecular flexibility index (Phi) is 4.51. The molecule has 3 aliphatic rings. The van der Waals surface area contributed by atoms with Gasteiger partial charge in [-0.05, 0) is 30.3 Å². The van der Waals surface area contributed by atoms with Crippen LogP contribution in [0.3, 0.4) is 0 Å². The first kappa shape index (κ1) is 18.4. The number of carbonyl (C=O) groups excluding carboxylic acids is 2. The maximum absolute atomic E-state index is 12.9. The van der Waals surface area contributed by atoms with Crippen LogP contribution in [-0.2, 0) is 9.59 Å². The molecule has 2 amide bonds. The number of fused-ring (bicyclic) bond motifs is 2. The molecule has 1 aromatic carbocycles. The van der Waals surface area contributed by atoms with Gasteiger partial charge in [0.1, 0.15) is 12.3 Å². The summed E-state index contributed by atoms with van der Waals surface area (Å²) >= 11 is 0. The average Bonchev–Trinajstić information content (AvgIpc) is 3.38. The number of hydrogen-bond acceptors (Lipinski definition) is 7. The summed E-state index contributed by atoms with van der Waals surface area (Å²) < 4.78 is 10.8. The van der Waals surface area contributed by atoms with Gasteiger partial charge in [0.2, 0.25) is 12.7 Å². The van der Waals surface area contributed by atoms with E-state index in [1.807, 2.05) is 36.4 Å². The summed E-state index contributed by atoms with van der Waals surface area (Å²) in [4.78, 5) is 29.5. The Morgan fingerprint density at radius 3 is 2.93 bits per heavy atom. The number of ether oxygens (including phenoxy) is 2. The third kappa shape index (κ3) is 3.13. The molecule has 154 valence electrons. The van der Waals surface area contributed by atoms with Gasteiger partial charge >= 0.3 is 0 Å².